The van der Waals surface area contributed by atoms with E-state index in [-0.39, 0.29) is 24.0 Å². The van der Waals surface area contributed by atoms with Crippen molar-refractivity contribution in [1.82, 2.24) is 0 Å². The molecule has 0 spiro atoms. The van der Waals surface area contributed by atoms with Gasteiger partial charge in [-0.3, -0.25) is 0 Å². The van der Waals surface area contributed by atoms with E-state index in [0.717, 1.165) is 17.4 Å². The number of hydrogen-bond donors (Lipinski definition) is 1. The molecular formula is C26H32INOS. The first-order valence-electron chi connectivity index (χ1n) is 11.2. The van der Waals surface area contributed by atoms with Gasteiger partial charge in [-0.15, -0.1) is 0 Å². The number of phenolic OH excluding ortho intramolecular Hbond substituents is 1. The second-order valence-corrected chi connectivity index (χ2v) is 9.53. The average molecular weight is 534 g/mol. The summed E-state index contributed by atoms with van der Waals surface area (Å²) in [4.78, 5) is 2.29. The van der Waals surface area contributed by atoms with Crippen LogP contribution in [-0.2, 0) is 6.54 Å². The average Bonchev–Trinajstić information content (AvgIpc) is 2.74. The number of aromatic nitrogens is 1. The van der Waals surface area contributed by atoms with Crippen molar-refractivity contribution in [2.75, 3.05) is 0 Å². The number of nitrogens with zero attached hydrogens (tertiary/aromatic N) is 1. The van der Waals surface area contributed by atoms with Crippen LogP contribution in [0.5, 0.6) is 5.75 Å². The summed E-state index contributed by atoms with van der Waals surface area (Å²) >= 11 is 1.71. The third-order valence-corrected chi connectivity index (χ3v) is 7.07. The monoisotopic (exact) mass is 533 g/mol. The molecular weight excluding hydrogens is 501 g/mol. The summed E-state index contributed by atoms with van der Waals surface area (Å²) in [5.74, 6) is 1.32. The fourth-order valence-electron chi connectivity index (χ4n) is 4.58. The Balaban J connectivity index is 0.00000256. The maximum Gasteiger partial charge on any atom is 0.212 e. The van der Waals surface area contributed by atoms with Crippen LogP contribution in [0.3, 0.4) is 0 Å². The molecule has 0 unspecified atom stereocenters. The van der Waals surface area contributed by atoms with Gasteiger partial charge in [-0.2, -0.15) is 4.57 Å². The lowest BCUT2D eigenvalue weighted by Gasteiger charge is -2.21. The van der Waals surface area contributed by atoms with E-state index in [1.54, 1.807) is 17.8 Å². The molecule has 1 N–H and O–H groups in total. The van der Waals surface area contributed by atoms with Gasteiger partial charge in [0, 0.05) is 22.8 Å². The van der Waals surface area contributed by atoms with E-state index >= 15 is 0 Å². The van der Waals surface area contributed by atoms with Crippen molar-refractivity contribution in [2.24, 2.45) is 5.92 Å². The molecule has 2 nitrogen and oxygen atoms in total. The summed E-state index contributed by atoms with van der Waals surface area (Å²) in [6, 6.07) is 18.4. The Morgan fingerprint density at radius 1 is 0.867 bits per heavy atom. The second-order valence-electron chi connectivity index (χ2n) is 8.38. The summed E-state index contributed by atoms with van der Waals surface area (Å²) in [7, 11) is 0. The number of aromatic hydroxyl groups is 1. The molecule has 1 aliphatic carbocycles. The predicted octanol–water partition coefficient (Wildman–Crippen LogP) is 4.13. The molecule has 0 amide bonds. The third-order valence-electron chi connectivity index (χ3n) is 6.12. The van der Waals surface area contributed by atoms with Crippen LogP contribution < -0.4 is 28.5 Å². The minimum Gasteiger partial charge on any atom is -1.00 e. The van der Waals surface area contributed by atoms with Gasteiger partial charge >= 0.3 is 0 Å². The van der Waals surface area contributed by atoms with Crippen LogP contribution in [0.4, 0.5) is 0 Å². The van der Waals surface area contributed by atoms with Gasteiger partial charge in [0.1, 0.15) is 12.3 Å². The standard InChI is InChI=1S/C26H31NOS.HI/c28-23-14-9-15-24(19-23)29-25-18-22-13-6-7-16-26(22)27(20-25)17-8-2-5-12-21-10-3-1-4-11-21;/h6-7,9,13-16,18-21H,1-5,8,10-12,17H2;1H. The van der Waals surface area contributed by atoms with E-state index in [1.165, 1.54) is 73.6 Å². The number of phenols is 1. The summed E-state index contributed by atoms with van der Waals surface area (Å²) in [6.45, 7) is 1.07. The maximum atomic E-state index is 9.76. The van der Waals surface area contributed by atoms with E-state index in [4.69, 9.17) is 0 Å². The van der Waals surface area contributed by atoms with E-state index < -0.39 is 0 Å². The summed E-state index contributed by atoms with van der Waals surface area (Å²) < 4.78 is 2.42. The van der Waals surface area contributed by atoms with Crippen LogP contribution in [0.2, 0.25) is 0 Å². The molecule has 1 aliphatic rings. The SMILES string of the molecule is Oc1cccc(Sc2cc3ccccc3[n+](CCCCCC3CCCCC3)c2)c1.[I-]. The van der Waals surface area contributed by atoms with Gasteiger partial charge in [0.25, 0.3) is 0 Å². The smallest absolute Gasteiger partial charge is 0.212 e. The Labute approximate surface area is 202 Å². The van der Waals surface area contributed by atoms with Crippen molar-refractivity contribution in [3.63, 3.8) is 0 Å². The molecule has 2 aromatic carbocycles. The van der Waals surface area contributed by atoms with Crippen LogP contribution >= 0.6 is 11.8 Å². The number of halogens is 1. The Bertz CT molecular complexity index is 939. The van der Waals surface area contributed by atoms with Gasteiger partial charge in [0.2, 0.25) is 5.52 Å². The van der Waals surface area contributed by atoms with E-state index in [2.05, 4.69) is 47.2 Å². The Hall–Kier alpha value is -1.27. The highest BCUT2D eigenvalue weighted by Crippen LogP contribution is 2.31. The number of unbranched alkanes of at least 4 members (excludes halogenated alkanes) is 2. The van der Waals surface area contributed by atoms with Crippen molar-refractivity contribution < 1.29 is 33.7 Å². The topological polar surface area (TPSA) is 24.1 Å². The fourth-order valence-corrected chi connectivity index (χ4v) is 5.54. The highest BCUT2D eigenvalue weighted by atomic mass is 127. The number of rotatable bonds is 8. The van der Waals surface area contributed by atoms with Crippen molar-refractivity contribution in [3.8, 4) is 5.75 Å². The van der Waals surface area contributed by atoms with Crippen molar-refractivity contribution in [1.29, 1.82) is 0 Å². The molecule has 160 valence electrons. The zero-order valence-corrected chi connectivity index (χ0v) is 20.6. The van der Waals surface area contributed by atoms with Gasteiger partial charge in [0.05, 0.1) is 4.90 Å². The first-order valence-corrected chi connectivity index (χ1v) is 12.0. The molecule has 0 radical (unpaired) electrons. The van der Waals surface area contributed by atoms with Gasteiger partial charge < -0.3 is 29.1 Å². The highest BCUT2D eigenvalue weighted by molar-refractivity contribution is 7.99. The van der Waals surface area contributed by atoms with Gasteiger partial charge in [0.15, 0.2) is 6.20 Å². The lowest BCUT2D eigenvalue weighted by molar-refractivity contribution is -0.673. The number of aryl methyl sites for hydroxylation is 1. The Morgan fingerprint density at radius 3 is 2.53 bits per heavy atom. The quantitative estimate of drug-likeness (QED) is 0.268. The highest BCUT2D eigenvalue weighted by Gasteiger charge is 2.14. The Kier molecular flexibility index (Phi) is 9.31. The fraction of sp³-hybridized carbons (Fsp3) is 0.423. The minimum absolute atomic E-state index is 0. The van der Waals surface area contributed by atoms with Crippen molar-refractivity contribution >= 4 is 22.7 Å². The molecule has 1 fully saturated rings. The third kappa shape index (κ3) is 6.61. The van der Waals surface area contributed by atoms with Crippen molar-refractivity contribution in [2.45, 2.75) is 74.1 Å². The molecule has 0 bridgehead atoms. The molecule has 4 heteroatoms. The molecule has 1 aromatic heterocycles. The molecule has 3 aromatic rings. The van der Waals surface area contributed by atoms with E-state index in [9.17, 15) is 5.11 Å². The van der Waals surface area contributed by atoms with Crippen LogP contribution in [0.25, 0.3) is 10.9 Å². The number of benzene rings is 2. The number of fused-ring (bicyclic) bond motifs is 1. The molecule has 30 heavy (non-hydrogen) atoms. The normalized spacial score (nSPS) is 14.5. The molecule has 1 heterocycles. The van der Waals surface area contributed by atoms with Crippen LogP contribution in [-0.4, -0.2) is 5.11 Å². The van der Waals surface area contributed by atoms with Crippen LogP contribution in [0.15, 0.2) is 70.6 Å². The summed E-state index contributed by atoms with van der Waals surface area (Å²) in [5, 5.41) is 11.0. The zero-order valence-electron chi connectivity index (χ0n) is 17.6. The van der Waals surface area contributed by atoms with Crippen molar-refractivity contribution in [3.05, 3.63) is 60.8 Å². The first kappa shape index (κ1) is 23.4. The predicted molar refractivity (Wildman–Crippen MR) is 121 cm³/mol. The molecule has 0 aliphatic heterocycles. The summed E-state index contributed by atoms with van der Waals surface area (Å²) in [5.41, 5.74) is 1.31. The largest absolute Gasteiger partial charge is 1.00 e. The zero-order chi connectivity index (χ0) is 19.9. The van der Waals surface area contributed by atoms with Crippen LogP contribution in [0.1, 0.15) is 57.8 Å². The lowest BCUT2D eigenvalue weighted by Crippen LogP contribution is -3.00. The maximum absolute atomic E-state index is 9.76. The number of pyridine rings is 1. The van der Waals surface area contributed by atoms with Gasteiger partial charge in [-0.25, -0.2) is 0 Å². The van der Waals surface area contributed by atoms with Gasteiger partial charge in [-0.05, 0) is 42.7 Å². The second kappa shape index (κ2) is 11.9. The molecule has 0 saturated heterocycles. The molecule has 1 saturated carbocycles. The molecule has 4 rings (SSSR count). The minimum atomic E-state index is 0. The lowest BCUT2D eigenvalue weighted by atomic mass is 9.85. The van der Waals surface area contributed by atoms with E-state index in [0.29, 0.717) is 5.75 Å². The summed E-state index contributed by atoms with van der Waals surface area (Å²) in [6.07, 6.45) is 14.9. The van der Waals surface area contributed by atoms with Gasteiger partial charge in [-0.1, -0.05) is 74.9 Å². The number of para-hydroxylation sites is 1. The van der Waals surface area contributed by atoms with E-state index in [1.807, 2.05) is 12.1 Å². The van der Waals surface area contributed by atoms with Crippen LogP contribution in [0, 0.1) is 5.92 Å². The Morgan fingerprint density at radius 2 is 1.70 bits per heavy atom. The molecule has 0 atom stereocenters. The number of hydrogen-bond acceptors (Lipinski definition) is 2. The first-order chi connectivity index (χ1) is 14.3.